The van der Waals surface area contributed by atoms with Crippen molar-refractivity contribution < 1.29 is 10.0 Å². The lowest BCUT2D eigenvalue weighted by Crippen LogP contribution is -2.43. The van der Waals surface area contributed by atoms with Gasteiger partial charge in [-0.15, -0.1) is 0 Å². The van der Waals surface area contributed by atoms with Gasteiger partial charge in [0.25, 0.3) is 0 Å². The lowest BCUT2D eigenvalue weighted by atomic mass is 9.96. The number of rotatable bonds is 2. The van der Waals surface area contributed by atoms with Crippen molar-refractivity contribution in [3.05, 3.63) is 34.9 Å². The van der Waals surface area contributed by atoms with Gasteiger partial charge in [-0.3, -0.25) is 4.79 Å². The minimum atomic E-state index is 0.135. The van der Waals surface area contributed by atoms with Crippen LogP contribution in [-0.4, -0.2) is 34.8 Å². The molecule has 2 rings (SSSR count). The fourth-order valence-corrected chi connectivity index (χ4v) is 2.66. The summed E-state index contributed by atoms with van der Waals surface area (Å²) in [6.45, 7) is 7.36. The van der Waals surface area contributed by atoms with Crippen molar-refractivity contribution in [1.82, 2.24) is 4.90 Å². The third-order valence-electron chi connectivity index (χ3n) is 4.03. The highest BCUT2D eigenvalue weighted by Crippen LogP contribution is 2.17. The summed E-state index contributed by atoms with van der Waals surface area (Å²) in [6, 6.07) is 6.21. The molecule has 0 radical (unpaired) electrons. The van der Waals surface area contributed by atoms with E-state index in [0.717, 1.165) is 16.8 Å². The summed E-state index contributed by atoms with van der Waals surface area (Å²) in [5, 5.41) is 12.2. The molecule has 20 heavy (non-hydrogen) atoms. The molecule has 0 bridgehead atoms. The van der Waals surface area contributed by atoms with E-state index in [-0.39, 0.29) is 11.8 Å². The number of hydrogen-bond donors (Lipinski definition) is 1. The number of piperidine rings is 1. The molecule has 1 heterocycles. The third kappa shape index (κ3) is 3.18. The van der Waals surface area contributed by atoms with Gasteiger partial charge in [0.1, 0.15) is 0 Å². The molecule has 1 aliphatic heterocycles. The topological polar surface area (TPSA) is 52.9 Å². The number of oxime groups is 1. The highest BCUT2D eigenvalue weighted by Gasteiger charge is 2.25. The monoisotopic (exact) mass is 274 g/mol. The Morgan fingerprint density at radius 3 is 2.85 bits per heavy atom. The maximum Gasteiger partial charge on any atom is 0.227 e. The lowest BCUT2D eigenvalue weighted by molar-refractivity contribution is -0.131. The molecular weight excluding hydrogens is 252 g/mol. The Morgan fingerprint density at radius 1 is 1.45 bits per heavy atom. The van der Waals surface area contributed by atoms with Gasteiger partial charge < -0.3 is 10.1 Å². The van der Waals surface area contributed by atoms with Crippen LogP contribution in [0.15, 0.2) is 23.4 Å². The van der Waals surface area contributed by atoms with E-state index in [1.54, 1.807) is 0 Å². The van der Waals surface area contributed by atoms with Crippen LogP contribution in [0.5, 0.6) is 0 Å². The Kier molecular flexibility index (Phi) is 4.42. The van der Waals surface area contributed by atoms with E-state index < -0.39 is 0 Å². The van der Waals surface area contributed by atoms with E-state index in [1.807, 2.05) is 25.7 Å². The summed E-state index contributed by atoms with van der Waals surface area (Å²) in [4.78, 5) is 14.3. The standard InChI is InChI=1S/C16H22N2O2/c1-11-4-5-12(2)14(8-11)9-16(19)18-7-6-15(17-20)13(3)10-18/h4-5,8,13,20H,6-7,9-10H2,1-3H3/b17-15+. The molecular formula is C16H22N2O2. The fraction of sp³-hybridized carbons (Fsp3) is 0.500. The van der Waals surface area contributed by atoms with Crippen molar-refractivity contribution >= 4 is 11.6 Å². The number of benzene rings is 1. The number of nitrogens with zero attached hydrogens (tertiary/aromatic N) is 2. The number of amides is 1. The normalized spacial score (nSPS) is 21.2. The second-order valence-electron chi connectivity index (χ2n) is 5.69. The zero-order valence-corrected chi connectivity index (χ0v) is 12.4. The fourth-order valence-electron chi connectivity index (χ4n) is 2.66. The second-order valence-corrected chi connectivity index (χ2v) is 5.69. The summed E-state index contributed by atoms with van der Waals surface area (Å²) in [5.74, 6) is 0.291. The lowest BCUT2D eigenvalue weighted by Gasteiger charge is -2.31. The van der Waals surface area contributed by atoms with Crippen LogP contribution in [0.25, 0.3) is 0 Å². The summed E-state index contributed by atoms with van der Waals surface area (Å²) in [7, 11) is 0. The second kappa shape index (κ2) is 6.07. The minimum absolute atomic E-state index is 0.135. The van der Waals surface area contributed by atoms with Crippen LogP contribution in [0.3, 0.4) is 0 Å². The van der Waals surface area contributed by atoms with Gasteiger partial charge in [0.15, 0.2) is 0 Å². The Morgan fingerprint density at radius 2 is 2.20 bits per heavy atom. The third-order valence-corrected chi connectivity index (χ3v) is 4.03. The van der Waals surface area contributed by atoms with Gasteiger partial charge in [0.05, 0.1) is 12.1 Å². The maximum atomic E-state index is 12.4. The predicted molar refractivity (Wildman–Crippen MR) is 79.2 cm³/mol. The van der Waals surface area contributed by atoms with Crippen LogP contribution in [-0.2, 0) is 11.2 Å². The summed E-state index contributed by atoms with van der Waals surface area (Å²) in [5.41, 5.74) is 4.23. The largest absolute Gasteiger partial charge is 0.411 e. The van der Waals surface area contributed by atoms with Gasteiger partial charge in [-0.25, -0.2) is 0 Å². The van der Waals surface area contributed by atoms with E-state index in [1.165, 1.54) is 5.56 Å². The van der Waals surface area contributed by atoms with E-state index >= 15 is 0 Å². The smallest absolute Gasteiger partial charge is 0.227 e. The number of likely N-dealkylation sites (tertiary alicyclic amines) is 1. The van der Waals surface area contributed by atoms with Gasteiger partial charge in [-0.1, -0.05) is 35.8 Å². The van der Waals surface area contributed by atoms with Crippen molar-refractivity contribution in [3.8, 4) is 0 Å². The molecule has 1 aromatic carbocycles. The Bertz CT molecular complexity index is 537. The van der Waals surface area contributed by atoms with Crippen molar-refractivity contribution in [2.45, 2.75) is 33.6 Å². The molecule has 0 aliphatic carbocycles. The molecule has 0 saturated carbocycles. The molecule has 0 spiro atoms. The average molecular weight is 274 g/mol. The first-order valence-corrected chi connectivity index (χ1v) is 7.06. The summed E-state index contributed by atoms with van der Waals surface area (Å²) in [6.07, 6.45) is 1.11. The van der Waals surface area contributed by atoms with Crippen LogP contribution >= 0.6 is 0 Å². The molecule has 1 atom stereocenters. The van der Waals surface area contributed by atoms with Gasteiger partial charge in [0.2, 0.25) is 5.91 Å². The highest BCUT2D eigenvalue weighted by molar-refractivity contribution is 5.89. The quantitative estimate of drug-likeness (QED) is 0.665. The van der Waals surface area contributed by atoms with Crippen LogP contribution in [0.1, 0.15) is 30.0 Å². The molecule has 1 aliphatic rings. The predicted octanol–water partition coefficient (Wildman–Crippen LogP) is 2.54. The highest BCUT2D eigenvalue weighted by atomic mass is 16.4. The molecule has 1 fully saturated rings. The summed E-state index contributed by atoms with van der Waals surface area (Å²) < 4.78 is 0. The van der Waals surface area contributed by atoms with Gasteiger partial charge in [-0.2, -0.15) is 0 Å². The van der Waals surface area contributed by atoms with Gasteiger partial charge in [0, 0.05) is 25.4 Å². The molecule has 1 aromatic rings. The molecule has 4 heteroatoms. The number of aryl methyl sites for hydroxylation is 2. The number of carbonyl (C=O) groups excluding carboxylic acids is 1. The maximum absolute atomic E-state index is 12.4. The van der Waals surface area contributed by atoms with Gasteiger partial charge in [-0.05, 0) is 25.0 Å². The van der Waals surface area contributed by atoms with Gasteiger partial charge >= 0.3 is 0 Å². The number of carbonyl (C=O) groups is 1. The van der Waals surface area contributed by atoms with Crippen molar-refractivity contribution in [2.24, 2.45) is 11.1 Å². The summed E-state index contributed by atoms with van der Waals surface area (Å²) >= 11 is 0. The first-order chi connectivity index (χ1) is 9.51. The molecule has 4 nitrogen and oxygen atoms in total. The molecule has 0 aromatic heterocycles. The Hall–Kier alpha value is -1.84. The van der Waals surface area contributed by atoms with Crippen LogP contribution in [0.2, 0.25) is 0 Å². The van der Waals surface area contributed by atoms with E-state index in [9.17, 15) is 4.79 Å². The van der Waals surface area contributed by atoms with Crippen LogP contribution in [0, 0.1) is 19.8 Å². The molecule has 108 valence electrons. The Labute approximate surface area is 120 Å². The minimum Gasteiger partial charge on any atom is -0.411 e. The first kappa shape index (κ1) is 14.6. The first-order valence-electron chi connectivity index (χ1n) is 7.06. The molecule has 1 N–H and O–H groups in total. The Balaban J connectivity index is 2.04. The number of hydrogen-bond acceptors (Lipinski definition) is 3. The van der Waals surface area contributed by atoms with E-state index in [0.29, 0.717) is 25.9 Å². The zero-order valence-electron chi connectivity index (χ0n) is 12.4. The van der Waals surface area contributed by atoms with Crippen LogP contribution < -0.4 is 0 Å². The molecule has 1 saturated heterocycles. The van der Waals surface area contributed by atoms with Crippen molar-refractivity contribution in [1.29, 1.82) is 0 Å². The van der Waals surface area contributed by atoms with E-state index in [4.69, 9.17) is 5.21 Å². The van der Waals surface area contributed by atoms with Crippen molar-refractivity contribution in [3.63, 3.8) is 0 Å². The van der Waals surface area contributed by atoms with E-state index in [2.05, 4.69) is 23.4 Å². The SMILES string of the molecule is Cc1ccc(C)c(CC(=O)N2CC/C(=N\O)C(C)C2)c1. The molecule has 1 amide bonds. The zero-order chi connectivity index (χ0) is 14.7. The van der Waals surface area contributed by atoms with Crippen LogP contribution in [0.4, 0.5) is 0 Å². The molecule has 1 unspecified atom stereocenters. The van der Waals surface area contributed by atoms with Crippen molar-refractivity contribution in [2.75, 3.05) is 13.1 Å². The average Bonchev–Trinajstić information content (AvgIpc) is 2.42.